The Morgan fingerprint density at radius 3 is 2.28 bits per heavy atom. The lowest BCUT2D eigenvalue weighted by Gasteiger charge is -2.36. The molecular weight excluding hydrogens is 284 g/mol. The third-order valence-electron chi connectivity index (χ3n) is 2.43. The number of rotatable bonds is 2. The molecule has 2 atom stereocenters. The van der Waals surface area contributed by atoms with E-state index in [4.69, 9.17) is 16.8 Å². The van der Waals surface area contributed by atoms with Crippen molar-refractivity contribution in [2.75, 3.05) is 0 Å². The molecule has 1 aliphatic heterocycles. The van der Waals surface area contributed by atoms with Crippen molar-refractivity contribution >= 4 is 33.3 Å². The van der Waals surface area contributed by atoms with E-state index < -0.39 is 33.3 Å². The van der Waals surface area contributed by atoms with Crippen LogP contribution in [0.2, 0.25) is 19.6 Å². The SMILES string of the molecule is C[SiH]1O[SiH](C)O[Si](C)(OC(=O)c2ccccc2)O1. The van der Waals surface area contributed by atoms with Crippen molar-refractivity contribution in [1.82, 2.24) is 0 Å². The molecule has 0 spiro atoms. The Morgan fingerprint density at radius 1 is 1.17 bits per heavy atom. The summed E-state index contributed by atoms with van der Waals surface area (Å²) in [6.07, 6.45) is 0. The van der Waals surface area contributed by atoms with Crippen molar-refractivity contribution in [1.29, 1.82) is 0 Å². The summed E-state index contributed by atoms with van der Waals surface area (Å²) in [5.74, 6) is -0.394. The van der Waals surface area contributed by atoms with Crippen LogP contribution in [0.3, 0.4) is 0 Å². The molecule has 0 aromatic heterocycles. The Hall–Kier alpha value is -0.779. The molecule has 0 bridgehead atoms. The monoisotopic (exact) mass is 300 g/mol. The molecule has 2 unspecified atom stereocenters. The summed E-state index contributed by atoms with van der Waals surface area (Å²) in [6.45, 7) is 5.60. The number of benzene rings is 1. The molecule has 18 heavy (non-hydrogen) atoms. The Bertz CT molecular complexity index is 417. The molecule has 0 amide bonds. The zero-order valence-electron chi connectivity index (χ0n) is 10.6. The van der Waals surface area contributed by atoms with Gasteiger partial charge in [0.15, 0.2) is 0 Å². The minimum absolute atomic E-state index is 0.394. The zero-order valence-corrected chi connectivity index (χ0v) is 13.9. The smallest absolute Gasteiger partial charge is 0.471 e. The summed E-state index contributed by atoms with van der Waals surface area (Å²) in [4.78, 5) is 12.0. The van der Waals surface area contributed by atoms with E-state index in [1.54, 1.807) is 30.8 Å². The molecule has 1 aliphatic rings. The normalized spacial score (nSPS) is 31.9. The largest absolute Gasteiger partial charge is 0.546 e. The summed E-state index contributed by atoms with van der Waals surface area (Å²) >= 11 is 0. The first-order chi connectivity index (χ1) is 8.48. The van der Waals surface area contributed by atoms with Crippen LogP contribution in [0, 0.1) is 0 Å². The van der Waals surface area contributed by atoms with Gasteiger partial charge in [-0.05, 0) is 25.2 Å². The first kappa shape index (κ1) is 13.6. The van der Waals surface area contributed by atoms with Gasteiger partial charge in [0.2, 0.25) is 0 Å². The van der Waals surface area contributed by atoms with E-state index in [1.807, 2.05) is 19.2 Å². The standard InChI is InChI=1S/C10H16O5Si3/c1-16-13-17(2)15-18(3,14-16)12-10(11)9-7-5-4-6-8-9/h4-8,16-17H,1-3H3. The van der Waals surface area contributed by atoms with Crippen LogP contribution in [0.15, 0.2) is 30.3 Å². The van der Waals surface area contributed by atoms with Gasteiger partial charge in [-0.3, -0.25) is 0 Å². The van der Waals surface area contributed by atoms with Crippen molar-refractivity contribution < 1.29 is 21.6 Å². The van der Waals surface area contributed by atoms with E-state index in [2.05, 4.69) is 0 Å². The molecule has 0 N–H and O–H groups in total. The number of carbonyl (C=O) groups excluding carboxylic acids is 1. The van der Waals surface area contributed by atoms with Gasteiger partial charge in [0.05, 0.1) is 5.56 Å². The van der Waals surface area contributed by atoms with Gasteiger partial charge < -0.3 is 16.8 Å². The van der Waals surface area contributed by atoms with Gasteiger partial charge in [-0.25, -0.2) is 4.79 Å². The van der Waals surface area contributed by atoms with Crippen molar-refractivity contribution in [2.45, 2.75) is 19.6 Å². The molecule has 8 heteroatoms. The lowest BCUT2D eigenvalue weighted by Crippen LogP contribution is -2.57. The molecular formula is C10H16O5Si3. The quantitative estimate of drug-likeness (QED) is 0.768. The molecule has 0 aliphatic carbocycles. The lowest BCUT2D eigenvalue weighted by atomic mass is 10.2. The van der Waals surface area contributed by atoms with Gasteiger partial charge in [-0.2, -0.15) is 0 Å². The van der Waals surface area contributed by atoms with E-state index in [-0.39, 0.29) is 0 Å². The Kier molecular flexibility index (Phi) is 4.14. The topological polar surface area (TPSA) is 54.0 Å². The van der Waals surface area contributed by atoms with Crippen LogP contribution in [0.25, 0.3) is 0 Å². The van der Waals surface area contributed by atoms with E-state index in [1.165, 1.54) is 0 Å². The molecule has 98 valence electrons. The van der Waals surface area contributed by atoms with Crippen molar-refractivity contribution in [3.8, 4) is 0 Å². The first-order valence-electron chi connectivity index (χ1n) is 5.78. The predicted molar refractivity (Wildman–Crippen MR) is 72.8 cm³/mol. The second-order valence-corrected chi connectivity index (χ2v) is 11.3. The molecule has 1 aromatic rings. The average molecular weight is 300 g/mol. The maximum absolute atomic E-state index is 12.0. The lowest BCUT2D eigenvalue weighted by molar-refractivity contribution is 0.0592. The van der Waals surface area contributed by atoms with Gasteiger partial charge in [0.25, 0.3) is 0 Å². The zero-order chi connectivity index (χ0) is 13.2. The summed E-state index contributed by atoms with van der Waals surface area (Å²) in [5, 5.41) is 0. The minimum atomic E-state index is -2.86. The van der Waals surface area contributed by atoms with Crippen LogP contribution in [0.1, 0.15) is 10.4 Å². The van der Waals surface area contributed by atoms with E-state index in [9.17, 15) is 4.79 Å². The van der Waals surface area contributed by atoms with Crippen molar-refractivity contribution in [3.63, 3.8) is 0 Å². The number of hydrogen-bond donors (Lipinski definition) is 0. The van der Waals surface area contributed by atoms with E-state index in [0.717, 1.165) is 0 Å². The highest BCUT2D eigenvalue weighted by Gasteiger charge is 2.47. The average Bonchev–Trinajstić information content (AvgIpc) is 2.27. The van der Waals surface area contributed by atoms with Gasteiger partial charge in [-0.1, -0.05) is 18.2 Å². The number of hydrogen-bond acceptors (Lipinski definition) is 5. The van der Waals surface area contributed by atoms with Crippen LogP contribution in [0.4, 0.5) is 0 Å². The predicted octanol–water partition coefficient (Wildman–Crippen LogP) is 1.18. The molecule has 2 rings (SSSR count). The fourth-order valence-electron chi connectivity index (χ4n) is 1.81. The maximum Gasteiger partial charge on any atom is 0.546 e. The van der Waals surface area contributed by atoms with Crippen LogP contribution < -0.4 is 0 Å². The molecule has 1 heterocycles. The van der Waals surface area contributed by atoms with Crippen molar-refractivity contribution in [3.05, 3.63) is 35.9 Å². The highest BCUT2D eigenvalue weighted by atomic mass is 28.5. The second-order valence-electron chi connectivity index (χ2n) is 4.12. The van der Waals surface area contributed by atoms with Crippen molar-refractivity contribution in [2.24, 2.45) is 0 Å². The number of carbonyl (C=O) groups is 1. The van der Waals surface area contributed by atoms with Crippen LogP contribution >= 0.6 is 0 Å². The molecule has 0 saturated carbocycles. The van der Waals surface area contributed by atoms with Crippen LogP contribution in [-0.2, 0) is 16.8 Å². The first-order valence-corrected chi connectivity index (χ1v) is 12.2. The third kappa shape index (κ3) is 3.37. The summed E-state index contributed by atoms with van der Waals surface area (Å²) in [7, 11) is -6.28. The fraction of sp³-hybridized carbons (Fsp3) is 0.300. The molecule has 1 fully saturated rings. The van der Waals surface area contributed by atoms with Gasteiger partial charge in [0, 0.05) is 6.55 Å². The highest BCUT2D eigenvalue weighted by molar-refractivity contribution is 6.79. The molecule has 1 aromatic carbocycles. The fourth-order valence-corrected chi connectivity index (χ4v) is 11.8. The Balaban J connectivity index is 2.06. The molecule has 0 radical (unpaired) electrons. The highest BCUT2D eigenvalue weighted by Crippen LogP contribution is 2.20. The van der Waals surface area contributed by atoms with Crippen LogP contribution in [-0.4, -0.2) is 33.3 Å². The summed E-state index contributed by atoms with van der Waals surface area (Å²) in [6, 6.07) is 8.85. The van der Waals surface area contributed by atoms with E-state index in [0.29, 0.717) is 5.56 Å². The molecule has 5 nitrogen and oxygen atoms in total. The second kappa shape index (κ2) is 5.47. The Morgan fingerprint density at radius 2 is 1.72 bits per heavy atom. The third-order valence-corrected chi connectivity index (χ3v) is 12.1. The maximum atomic E-state index is 12.0. The minimum Gasteiger partial charge on any atom is -0.471 e. The van der Waals surface area contributed by atoms with Gasteiger partial charge in [0.1, 0.15) is 0 Å². The van der Waals surface area contributed by atoms with Crippen LogP contribution in [0.5, 0.6) is 0 Å². The Labute approximate surface area is 111 Å². The summed E-state index contributed by atoms with van der Waals surface area (Å²) < 4.78 is 22.3. The van der Waals surface area contributed by atoms with Gasteiger partial charge >= 0.3 is 33.3 Å². The van der Waals surface area contributed by atoms with Gasteiger partial charge in [-0.15, -0.1) is 0 Å². The van der Waals surface area contributed by atoms with E-state index >= 15 is 0 Å². The molecule has 1 saturated heterocycles. The summed E-state index contributed by atoms with van der Waals surface area (Å²) in [5.41, 5.74) is 0.508.